The zero-order valence-corrected chi connectivity index (χ0v) is 13.9. The number of aryl methyl sites for hydroxylation is 1. The number of allylic oxidation sites excluding steroid dienone is 2. The summed E-state index contributed by atoms with van der Waals surface area (Å²) in [7, 11) is 4.72. The molecule has 1 aliphatic carbocycles. The van der Waals surface area contributed by atoms with Gasteiger partial charge < -0.3 is 14.2 Å². The maximum Gasteiger partial charge on any atom is 0.309 e. The van der Waals surface area contributed by atoms with Crippen LogP contribution in [0.15, 0.2) is 23.8 Å². The zero-order valence-electron chi connectivity index (χ0n) is 13.9. The van der Waals surface area contributed by atoms with E-state index in [4.69, 9.17) is 14.2 Å². The van der Waals surface area contributed by atoms with Gasteiger partial charge in [-0.05, 0) is 44.4 Å². The van der Waals surface area contributed by atoms with Crippen molar-refractivity contribution in [3.63, 3.8) is 0 Å². The summed E-state index contributed by atoms with van der Waals surface area (Å²) in [5.41, 5.74) is 3.25. The van der Waals surface area contributed by atoms with Gasteiger partial charge in [-0.2, -0.15) is 0 Å². The van der Waals surface area contributed by atoms with Gasteiger partial charge in [0.05, 0.1) is 27.2 Å². The number of hydrogen-bond acceptors (Lipinski definition) is 4. The van der Waals surface area contributed by atoms with Gasteiger partial charge in [0.1, 0.15) is 11.5 Å². The van der Waals surface area contributed by atoms with Crippen LogP contribution in [0.1, 0.15) is 36.8 Å². The van der Waals surface area contributed by atoms with Gasteiger partial charge in [0.2, 0.25) is 0 Å². The molecule has 120 valence electrons. The minimum Gasteiger partial charge on any atom is -0.496 e. The highest BCUT2D eigenvalue weighted by Gasteiger charge is 2.35. The first kappa shape index (κ1) is 16.4. The van der Waals surface area contributed by atoms with Crippen LogP contribution in [0.2, 0.25) is 0 Å². The molecule has 0 saturated carbocycles. The van der Waals surface area contributed by atoms with Crippen LogP contribution in [0.5, 0.6) is 11.5 Å². The summed E-state index contributed by atoms with van der Waals surface area (Å²) in [6, 6.07) is 3.95. The average molecular weight is 304 g/mol. The predicted molar refractivity (Wildman–Crippen MR) is 85.5 cm³/mol. The van der Waals surface area contributed by atoms with Crippen LogP contribution in [0, 0.1) is 12.8 Å². The minimum absolute atomic E-state index is 0.0910. The Kier molecular flexibility index (Phi) is 5.11. The fourth-order valence-corrected chi connectivity index (χ4v) is 3.17. The molecule has 0 fully saturated rings. The summed E-state index contributed by atoms with van der Waals surface area (Å²) in [6.07, 6.45) is 3.83. The Hall–Kier alpha value is -1.97. The maximum atomic E-state index is 12.2. The molecule has 0 aromatic heterocycles. The third kappa shape index (κ3) is 3.11. The lowest BCUT2D eigenvalue weighted by molar-refractivity contribution is -0.146. The average Bonchev–Trinajstić information content (AvgIpc) is 2.52. The van der Waals surface area contributed by atoms with Crippen molar-refractivity contribution < 1.29 is 19.0 Å². The second-order valence-electron chi connectivity index (χ2n) is 5.79. The van der Waals surface area contributed by atoms with Gasteiger partial charge in [0.25, 0.3) is 0 Å². The van der Waals surface area contributed by atoms with E-state index in [0.29, 0.717) is 0 Å². The molecule has 1 aliphatic rings. The van der Waals surface area contributed by atoms with Gasteiger partial charge >= 0.3 is 5.97 Å². The number of benzene rings is 1. The van der Waals surface area contributed by atoms with Crippen LogP contribution >= 0.6 is 0 Å². The number of ether oxygens (including phenoxy) is 3. The van der Waals surface area contributed by atoms with E-state index in [-0.39, 0.29) is 17.8 Å². The Labute approximate surface area is 132 Å². The summed E-state index contributed by atoms with van der Waals surface area (Å²) in [6.45, 7) is 4.09. The molecule has 0 heterocycles. The molecule has 0 unspecified atom stereocenters. The quantitative estimate of drug-likeness (QED) is 0.629. The first-order valence-electron chi connectivity index (χ1n) is 7.49. The molecular weight excluding hydrogens is 280 g/mol. The highest BCUT2D eigenvalue weighted by Crippen LogP contribution is 2.45. The van der Waals surface area contributed by atoms with Crippen LogP contribution in [0.25, 0.3) is 0 Å². The van der Waals surface area contributed by atoms with E-state index in [9.17, 15) is 4.79 Å². The number of esters is 1. The zero-order chi connectivity index (χ0) is 16.3. The third-order valence-electron chi connectivity index (χ3n) is 4.27. The first-order chi connectivity index (χ1) is 10.5. The van der Waals surface area contributed by atoms with Crippen molar-refractivity contribution >= 4 is 5.97 Å². The molecule has 0 bridgehead atoms. The Bertz CT molecular complexity index is 564. The second-order valence-corrected chi connectivity index (χ2v) is 5.79. The molecule has 1 aromatic rings. The fraction of sp³-hybridized carbons (Fsp3) is 0.500. The van der Waals surface area contributed by atoms with E-state index in [1.807, 2.05) is 19.1 Å². The largest absolute Gasteiger partial charge is 0.496 e. The molecule has 0 saturated heterocycles. The first-order valence-corrected chi connectivity index (χ1v) is 7.49. The van der Waals surface area contributed by atoms with Crippen molar-refractivity contribution in [1.82, 2.24) is 0 Å². The molecule has 22 heavy (non-hydrogen) atoms. The molecule has 4 heteroatoms. The Morgan fingerprint density at radius 3 is 2.18 bits per heavy atom. The van der Waals surface area contributed by atoms with Gasteiger partial charge in [-0.1, -0.05) is 11.6 Å². The molecule has 0 aliphatic heterocycles. The Morgan fingerprint density at radius 1 is 1.09 bits per heavy atom. The highest BCUT2D eigenvalue weighted by atomic mass is 16.5. The van der Waals surface area contributed by atoms with Gasteiger partial charge in [0.15, 0.2) is 0 Å². The lowest BCUT2D eigenvalue weighted by Crippen LogP contribution is -2.26. The van der Waals surface area contributed by atoms with Crippen molar-refractivity contribution in [2.45, 2.75) is 32.6 Å². The van der Waals surface area contributed by atoms with Crippen LogP contribution in [-0.4, -0.2) is 27.3 Å². The summed E-state index contributed by atoms with van der Waals surface area (Å²) in [4.78, 5) is 12.2. The van der Waals surface area contributed by atoms with E-state index < -0.39 is 0 Å². The summed E-state index contributed by atoms with van der Waals surface area (Å²) < 4.78 is 16.1. The van der Waals surface area contributed by atoms with E-state index in [2.05, 4.69) is 13.0 Å². The molecule has 0 radical (unpaired) electrons. The van der Waals surface area contributed by atoms with Crippen molar-refractivity contribution in [3.8, 4) is 11.5 Å². The summed E-state index contributed by atoms with van der Waals surface area (Å²) in [5.74, 6) is 1.02. The van der Waals surface area contributed by atoms with Gasteiger partial charge in [-0.25, -0.2) is 0 Å². The topological polar surface area (TPSA) is 44.8 Å². The fourth-order valence-electron chi connectivity index (χ4n) is 3.17. The van der Waals surface area contributed by atoms with Crippen LogP contribution in [-0.2, 0) is 9.53 Å². The van der Waals surface area contributed by atoms with E-state index in [1.165, 1.54) is 12.7 Å². The Balaban J connectivity index is 2.59. The smallest absolute Gasteiger partial charge is 0.309 e. The van der Waals surface area contributed by atoms with Crippen molar-refractivity contribution in [1.29, 1.82) is 0 Å². The summed E-state index contributed by atoms with van der Waals surface area (Å²) in [5, 5.41) is 0. The number of carbonyl (C=O) groups excluding carboxylic acids is 1. The molecule has 2 atom stereocenters. The van der Waals surface area contributed by atoms with Crippen LogP contribution in [0.3, 0.4) is 0 Å². The van der Waals surface area contributed by atoms with Crippen LogP contribution in [0.4, 0.5) is 0 Å². The van der Waals surface area contributed by atoms with Crippen LogP contribution < -0.4 is 9.47 Å². The molecular formula is C18H24O4. The normalized spacial score (nSPS) is 21.0. The van der Waals surface area contributed by atoms with Gasteiger partial charge in [-0.3, -0.25) is 4.79 Å². The standard InChI is InChI=1S/C18H24O4/c1-11-6-7-13(18(19)22-5)14(8-11)17-15(20-3)9-12(2)10-16(17)21-4/h8-10,13-14H,6-7H2,1-5H3/t13-,14-/m1/s1. The number of hydrogen-bond donors (Lipinski definition) is 0. The Morgan fingerprint density at radius 2 is 1.68 bits per heavy atom. The predicted octanol–water partition coefficient (Wildman–Crippen LogP) is 3.63. The number of carbonyl (C=O) groups is 1. The van der Waals surface area contributed by atoms with Crippen molar-refractivity contribution in [2.75, 3.05) is 21.3 Å². The van der Waals surface area contributed by atoms with E-state index in [0.717, 1.165) is 35.5 Å². The lowest BCUT2D eigenvalue weighted by atomic mass is 9.76. The second kappa shape index (κ2) is 6.86. The monoisotopic (exact) mass is 304 g/mol. The molecule has 4 nitrogen and oxygen atoms in total. The molecule has 2 rings (SSSR count). The highest BCUT2D eigenvalue weighted by molar-refractivity contribution is 5.75. The number of rotatable bonds is 4. The maximum absolute atomic E-state index is 12.2. The van der Waals surface area contributed by atoms with Gasteiger partial charge in [-0.15, -0.1) is 0 Å². The van der Waals surface area contributed by atoms with E-state index >= 15 is 0 Å². The summed E-state index contributed by atoms with van der Waals surface area (Å²) >= 11 is 0. The molecule has 0 spiro atoms. The SMILES string of the molecule is COC(=O)[C@@H]1CCC(C)=C[C@H]1c1c(OC)cc(C)cc1OC. The molecule has 0 N–H and O–H groups in total. The van der Waals surface area contributed by atoms with Gasteiger partial charge in [0, 0.05) is 11.5 Å². The number of methoxy groups -OCH3 is 3. The molecule has 1 aromatic carbocycles. The van der Waals surface area contributed by atoms with E-state index in [1.54, 1.807) is 14.2 Å². The van der Waals surface area contributed by atoms with Crippen molar-refractivity contribution in [3.05, 3.63) is 34.9 Å². The lowest BCUT2D eigenvalue weighted by Gasteiger charge is -2.30. The minimum atomic E-state index is -0.209. The third-order valence-corrected chi connectivity index (χ3v) is 4.27. The molecule has 0 amide bonds. The van der Waals surface area contributed by atoms with Crippen molar-refractivity contribution in [2.24, 2.45) is 5.92 Å².